The first kappa shape index (κ1) is 13.8. The SMILES string of the molecule is CC(C)c1ccc([C@H]2CCOC2)c(N2CCNCC2)n1. The Morgan fingerprint density at radius 1 is 1.30 bits per heavy atom. The largest absolute Gasteiger partial charge is 0.381 e. The monoisotopic (exact) mass is 275 g/mol. The lowest BCUT2D eigenvalue weighted by molar-refractivity contribution is 0.194. The Labute approximate surface area is 121 Å². The molecular weight excluding hydrogens is 250 g/mol. The van der Waals surface area contributed by atoms with Crippen molar-refractivity contribution in [3.05, 3.63) is 23.4 Å². The molecule has 110 valence electrons. The van der Waals surface area contributed by atoms with Crippen LogP contribution in [0.3, 0.4) is 0 Å². The van der Waals surface area contributed by atoms with Crippen molar-refractivity contribution >= 4 is 5.82 Å². The number of hydrogen-bond acceptors (Lipinski definition) is 4. The highest BCUT2D eigenvalue weighted by Gasteiger charge is 2.25. The van der Waals surface area contributed by atoms with Crippen LogP contribution in [0.15, 0.2) is 12.1 Å². The van der Waals surface area contributed by atoms with Gasteiger partial charge in [-0.05, 0) is 18.4 Å². The molecule has 0 aromatic carbocycles. The van der Waals surface area contributed by atoms with E-state index < -0.39 is 0 Å². The molecule has 1 aromatic rings. The Bertz CT molecular complexity index is 449. The van der Waals surface area contributed by atoms with Gasteiger partial charge < -0.3 is 15.0 Å². The number of piperazine rings is 1. The van der Waals surface area contributed by atoms with Gasteiger partial charge in [0.05, 0.1) is 6.61 Å². The molecule has 0 aliphatic carbocycles. The molecule has 2 aliphatic heterocycles. The summed E-state index contributed by atoms with van der Waals surface area (Å²) in [5.41, 5.74) is 2.58. The number of nitrogens with zero attached hydrogens (tertiary/aromatic N) is 2. The molecule has 0 saturated carbocycles. The molecule has 0 radical (unpaired) electrons. The van der Waals surface area contributed by atoms with Crippen LogP contribution in [0.1, 0.15) is 43.4 Å². The van der Waals surface area contributed by atoms with Gasteiger partial charge in [-0.25, -0.2) is 4.98 Å². The van der Waals surface area contributed by atoms with E-state index in [0.717, 1.165) is 45.8 Å². The second kappa shape index (κ2) is 6.10. The number of aromatic nitrogens is 1. The average molecular weight is 275 g/mol. The van der Waals surface area contributed by atoms with E-state index in [0.29, 0.717) is 11.8 Å². The van der Waals surface area contributed by atoms with Crippen LogP contribution in [0.2, 0.25) is 0 Å². The molecule has 3 rings (SSSR count). The molecule has 1 atom stereocenters. The Morgan fingerprint density at radius 2 is 2.10 bits per heavy atom. The highest BCUT2D eigenvalue weighted by atomic mass is 16.5. The number of anilines is 1. The first-order valence-electron chi connectivity index (χ1n) is 7.80. The molecule has 2 saturated heterocycles. The van der Waals surface area contributed by atoms with Gasteiger partial charge in [0.25, 0.3) is 0 Å². The average Bonchev–Trinajstić information content (AvgIpc) is 3.01. The fourth-order valence-electron chi connectivity index (χ4n) is 3.02. The summed E-state index contributed by atoms with van der Waals surface area (Å²) in [6, 6.07) is 4.49. The third-order valence-electron chi connectivity index (χ3n) is 4.30. The fraction of sp³-hybridized carbons (Fsp3) is 0.688. The molecular formula is C16H25N3O. The number of nitrogens with one attached hydrogen (secondary N) is 1. The van der Waals surface area contributed by atoms with Gasteiger partial charge in [0.2, 0.25) is 0 Å². The summed E-state index contributed by atoms with van der Waals surface area (Å²) in [4.78, 5) is 7.42. The van der Waals surface area contributed by atoms with Crippen molar-refractivity contribution in [1.82, 2.24) is 10.3 Å². The summed E-state index contributed by atoms with van der Waals surface area (Å²) < 4.78 is 5.57. The maximum absolute atomic E-state index is 5.57. The van der Waals surface area contributed by atoms with Crippen LogP contribution in [0.4, 0.5) is 5.82 Å². The number of hydrogen-bond donors (Lipinski definition) is 1. The minimum absolute atomic E-state index is 0.477. The van der Waals surface area contributed by atoms with Gasteiger partial charge in [0.15, 0.2) is 0 Å². The van der Waals surface area contributed by atoms with Gasteiger partial charge in [0.1, 0.15) is 5.82 Å². The van der Waals surface area contributed by atoms with Crippen molar-refractivity contribution in [2.24, 2.45) is 0 Å². The molecule has 0 unspecified atom stereocenters. The second-order valence-electron chi connectivity index (χ2n) is 6.10. The van der Waals surface area contributed by atoms with Crippen LogP contribution in [0.5, 0.6) is 0 Å². The molecule has 0 spiro atoms. The smallest absolute Gasteiger partial charge is 0.132 e. The Morgan fingerprint density at radius 3 is 2.75 bits per heavy atom. The molecule has 4 nitrogen and oxygen atoms in total. The summed E-state index contributed by atoms with van der Waals surface area (Å²) >= 11 is 0. The van der Waals surface area contributed by atoms with E-state index >= 15 is 0 Å². The van der Waals surface area contributed by atoms with Gasteiger partial charge in [-0.3, -0.25) is 0 Å². The fourth-order valence-corrected chi connectivity index (χ4v) is 3.02. The van der Waals surface area contributed by atoms with Gasteiger partial charge in [-0.1, -0.05) is 19.9 Å². The maximum atomic E-state index is 5.57. The third-order valence-corrected chi connectivity index (χ3v) is 4.30. The Hall–Kier alpha value is -1.13. The van der Waals surface area contributed by atoms with Gasteiger partial charge >= 0.3 is 0 Å². The zero-order valence-electron chi connectivity index (χ0n) is 12.6. The quantitative estimate of drug-likeness (QED) is 0.917. The standard InChI is InChI=1S/C16H25N3O/c1-12(2)15-4-3-14(13-5-10-20-11-13)16(18-15)19-8-6-17-7-9-19/h3-4,12-13,17H,5-11H2,1-2H3/t13-/m0/s1. The van der Waals surface area contributed by atoms with E-state index in [1.54, 1.807) is 0 Å². The van der Waals surface area contributed by atoms with E-state index in [9.17, 15) is 0 Å². The summed E-state index contributed by atoms with van der Waals surface area (Å²) in [5.74, 6) is 2.20. The molecule has 0 amide bonds. The first-order chi connectivity index (χ1) is 9.75. The predicted molar refractivity (Wildman–Crippen MR) is 81.6 cm³/mol. The van der Waals surface area contributed by atoms with Crippen molar-refractivity contribution in [2.75, 3.05) is 44.3 Å². The van der Waals surface area contributed by atoms with Crippen molar-refractivity contribution < 1.29 is 4.74 Å². The summed E-state index contributed by atoms with van der Waals surface area (Å²) in [6.45, 7) is 10.4. The van der Waals surface area contributed by atoms with Crippen LogP contribution in [0, 0.1) is 0 Å². The molecule has 3 heterocycles. The van der Waals surface area contributed by atoms with Crippen LogP contribution in [-0.4, -0.2) is 44.4 Å². The highest BCUT2D eigenvalue weighted by molar-refractivity contribution is 5.51. The van der Waals surface area contributed by atoms with E-state index in [-0.39, 0.29) is 0 Å². The molecule has 20 heavy (non-hydrogen) atoms. The van der Waals surface area contributed by atoms with Crippen molar-refractivity contribution in [3.8, 4) is 0 Å². The molecule has 4 heteroatoms. The summed E-state index contributed by atoms with van der Waals surface area (Å²) in [7, 11) is 0. The Balaban J connectivity index is 1.94. The zero-order valence-corrected chi connectivity index (χ0v) is 12.6. The minimum atomic E-state index is 0.477. The van der Waals surface area contributed by atoms with Crippen molar-refractivity contribution in [2.45, 2.75) is 32.1 Å². The molecule has 1 N–H and O–H groups in total. The number of pyridine rings is 1. The lowest BCUT2D eigenvalue weighted by Crippen LogP contribution is -2.44. The summed E-state index contributed by atoms with van der Waals surface area (Å²) in [5, 5.41) is 3.42. The van der Waals surface area contributed by atoms with Crippen LogP contribution in [-0.2, 0) is 4.74 Å². The van der Waals surface area contributed by atoms with Gasteiger partial charge in [0, 0.05) is 50.0 Å². The van der Waals surface area contributed by atoms with E-state index in [1.807, 2.05) is 0 Å². The Kier molecular flexibility index (Phi) is 4.22. The lowest BCUT2D eigenvalue weighted by atomic mass is 9.97. The van der Waals surface area contributed by atoms with Crippen LogP contribution < -0.4 is 10.2 Å². The van der Waals surface area contributed by atoms with Crippen molar-refractivity contribution in [3.63, 3.8) is 0 Å². The normalized spacial score (nSPS) is 23.6. The minimum Gasteiger partial charge on any atom is -0.381 e. The van der Waals surface area contributed by atoms with Crippen LogP contribution in [0.25, 0.3) is 0 Å². The van der Waals surface area contributed by atoms with Gasteiger partial charge in [-0.15, -0.1) is 0 Å². The second-order valence-corrected chi connectivity index (χ2v) is 6.10. The molecule has 0 bridgehead atoms. The number of rotatable bonds is 3. The van der Waals surface area contributed by atoms with E-state index in [2.05, 4.69) is 36.2 Å². The maximum Gasteiger partial charge on any atom is 0.132 e. The molecule has 2 aliphatic rings. The molecule has 2 fully saturated rings. The predicted octanol–water partition coefficient (Wildman–Crippen LogP) is 2.12. The topological polar surface area (TPSA) is 37.4 Å². The zero-order chi connectivity index (χ0) is 13.9. The van der Waals surface area contributed by atoms with Gasteiger partial charge in [-0.2, -0.15) is 0 Å². The van der Waals surface area contributed by atoms with E-state index in [1.165, 1.54) is 17.1 Å². The van der Waals surface area contributed by atoms with E-state index in [4.69, 9.17) is 9.72 Å². The first-order valence-corrected chi connectivity index (χ1v) is 7.80. The highest BCUT2D eigenvalue weighted by Crippen LogP contribution is 2.33. The van der Waals surface area contributed by atoms with Crippen LogP contribution >= 0.6 is 0 Å². The third kappa shape index (κ3) is 2.81. The summed E-state index contributed by atoms with van der Waals surface area (Å²) in [6.07, 6.45) is 1.13. The van der Waals surface area contributed by atoms with Crippen molar-refractivity contribution in [1.29, 1.82) is 0 Å². The lowest BCUT2D eigenvalue weighted by Gasteiger charge is -2.31. The number of ether oxygens (including phenoxy) is 1. The molecule has 1 aromatic heterocycles.